The number of nitrogens with zero attached hydrogens (tertiary/aromatic N) is 1. The molecule has 90 valence electrons. The molecule has 1 rings (SSSR count). The van der Waals surface area contributed by atoms with Crippen LogP contribution in [0.3, 0.4) is 0 Å². The molecule has 0 spiro atoms. The van der Waals surface area contributed by atoms with Gasteiger partial charge in [0.25, 0.3) is 5.91 Å². The maximum Gasteiger partial charge on any atom is 0.267 e. The van der Waals surface area contributed by atoms with Crippen molar-refractivity contribution in [2.75, 3.05) is 18.6 Å². The van der Waals surface area contributed by atoms with Crippen LogP contribution in [0.5, 0.6) is 0 Å². The number of carbonyl (C=O) groups is 1. The fourth-order valence-electron chi connectivity index (χ4n) is 1.44. The summed E-state index contributed by atoms with van der Waals surface area (Å²) < 4.78 is 2.89. The number of amides is 1. The predicted octanol–water partition coefficient (Wildman–Crippen LogP) is 2.75. The minimum atomic E-state index is 0.00801. The van der Waals surface area contributed by atoms with E-state index in [2.05, 4.69) is 27.5 Å². The highest BCUT2D eigenvalue weighted by Crippen LogP contribution is 2.14. The lowest BCUT2D eigenvalue weighted by Crippen LogP contribution is -2.26. The van der Waals surface area contributed by atoms with Crippen molar-refractivity contribution in [1.82, 2.24) is 9.88 Å². The summed E-state index contributed by atoms with van der Waals surface area (Å²) in [6, 6.07) is 1.85. The average molecular weight is 305 g/mol. The molecule has 1 amide bonds. The second-order valence-corrected chi connectivity index (χ2v) is 5.33. The highest BCUT2D eigenvalue weighted by atomic mass is 79.9. The van der Waals surface area contributed by atoms with Gasteiger partial charge in [-0.3, -0.25) is 4.79 Å². The summed E-state index contributed by atoms with van der Waals surface area (Å²) in [6.45, 7) is 3.57. The first-order valence-electron chi connectivity index (χ1n) is 5.31. The molecule has 0 saturated carbocycles. The molecule has 0 saturated heterocycles. The Hall–Kier alpha value is -0.420. The van der Waals surface area contributed by atoms with E-state index in [1.807, 2.05) is 23.8 Å². The monoisotopic (exact) mass is 304 g/mol. The molecule has 16 heavy (non-hydrogen) atoms. The fourth-order valence-corrected chi connectivity index (χ4v) is 2.33. The third-order valence-corrected chi connectivity index (χ3v) is 3.38. The highest BCUT2D eigenvalue weighted by molar-refractivity contribution is 9.10. The molecule has 0 fully saturated rings. The molecule has 0 atom stereocenters. The topological polar surface area (TPSA) is 34.0 Å². The summed E-state index contributed by atoms with van der Waals surface area (Å²) in [6.07, 6.45) is 5.01. The van der Waals surface area contributed by atoms with E-state index < -0.39 is 0 Å². The summed E-state index contributed by atoms with van der Waals surface area (Å²) in [7, 11) is 0. The molecule has 0 aliphatic carbocycles. The second-order valence-electron chi connectivity index (χ2n) is 3.43. The Morgan fingerprint density at radius 1 is 1.62 bits per heavy atom. The van der Waals surface area contributed by atoms with Gasteiger partial charge in [-0.1, -0.05) is 0 Å². The van der Waals surface area contributed by atoms with E-state index in [0.717, 1.165) is 35.4 Å². The van der Waals surface area contributed by atoms with Crippen LogP contribution < -0.4 is 5.32 Å². The van der Waals surface area contributed by atoms with Crippen molar-refractivity contribution in [3.05, 3.63) is 22.4 Å². The smallest absolute Gasteiger partial charge is 0.267 e. The summed E-state index contributed by atoms with van der Waals surface area (Å²) in [4.78, 5) is 11.8. The lowest BCUT2D eigenvalue weighted by atomic mass is 10.3. The number of aryl methyl sites for hydroxylation is 1. The molecule has 0 radical (unpaired) electrons. The Balaban J connectivity index is 2.51. The van der Waals surface area contributed by atoms with Crippen molar-refractivity contribution in [2.24, 2.45) is 0 Å². The molecule has 1 aromatic heterocycles. The molecule has 0 unspecified atom stereocenters. The van der Waals surface area contributed by atoms with E-state index in [4.69, 9.17) is 0 Å². The molecule has 1 N–H and O–H groups in total. The number of hydrogen-bond donors (Lipinski definition) is 1. The van der Waals surface area contributed by atoms with E-state index in [1.165, 1.54) is 0 Å². The molecule has 0 aliphatic rings. The van der Waals surface area contributed by atoms with Crippen molar-refractivity contribution in [3.63, 3.8) is 0 Å². The first kappa shape index (κ1) is 13.6. The minimum absolute atomic E-state index is 0.00801. The van der Waals surface area contributed by atoms with Crippen molar-refractivity contribution < 1.29 is 4.79 Å². The minimum Gasteiger partial charge on any atom is -0.351 e. The Kier molecular flexibility index (Phi) is 5.98. The van der Waals surface area contributed by atoms with Gasteiger partial charge in [0.05, 0.1) is 0 Å². The number of thioether (sulfide) groups is 1. The Bertz CT molecular complexity index is 352. The highest BCUT2D eigenvalue weighted by Gasteiger charge is 2.11. The van der Waals surface area contributed by atoms with E-state index >= 15 is 0 Å². The summed E-state index contributed by atoms with van der Waals surface area (Å²) in [5.74, 6) is 1.09. The van der Waals surface area contributed by atoms with Crippen LogP contribution in [0.1, 0.15) is 23.8 Å². The number of rotatable bonds is 6. The predicted molar refractivity (Wildman–Crippen MR) is 73.1 cm³/mol. The molecule has 0 aromatic carbocycles. The zero-order valence-electron chi connectivity index (χ0n) is 9.62. The van der Waals surface area contributed by atoms with Crippen LogP contribution in [-0.2, 0) is 6.54 Å². The Labute approximate surface area is 109 Å². The van der Waals surface area contributed by atoms with Gasteiger partial charge in [0.1, 0.15) is 5.69 Å². The normalized spacial score (nSPS) is 10.4. The van der Waals surface area contributed by atoms with Crippen molar-refractivity contribution in [2.45, 2.75) is 19.9 Å². The average Bonchev–Trinajstić information content (AvgIpc) is 2.65. The van der Waals surface area contributed by atoms with Gasteiger partial charge < -0.3 is 9.88 Å². The van der Waals surface area contributed by atoms with Gasteiger partial charge in [0, 0.05) is 23.8 Å². The van der Waals surface area contributed by atoms with Crippen molar-refractivity contribution in [3.8, 4) is 0 Å². The lowest BCUT2D eigenvalue weighted by molar-refractivity contribution is 0.0944. The lowest BCUT2D eigenvalue weighted by Gasteiger charge is -2.07. The quantitative estimate of drug-likeness (QED) is 0.820. The number of aromatic nitrogens is 1. The fraction of sp³-hybridized carbons (Fsp3) is 0.545. The van der Waals surface area contributed by atoms with Crippen LogP contribution in [0.15, 0.2) is 16.7 Å². The van der Waals surface area contributed by atoms with Gasteiger partial charge in [-0.2, -0.15) is 11.8 Å². The first-order chi connectivity index (χ1) is 7.69. The van der Waals surface area contributed by atoms with Gasteiger partial charge in [-0.15, -0.1) is 0 Å². The number of hydrogen-bond acceptors (Lipinski definition) is 2. The standard InChI is InChI=1S/C11H17BrN2OS/c1-3-14-8-9(12)7-10(14)11(15)13-5-4-6-16-2/h7-8H,3-6H2,1-2H3,(H,13,15). The molecule has 1 aromatic rings. The number of halogens is 1. The van der Waals surface area contributed by atoms with Gasteiger partial charge in [-0.05, 0) is 47.3 Å². The molecule has 1 heterocycles. The molecular weight excluding hydrogens is 288 g/mol. The summed E-state index contributed by atoms with van der Waals surface area (Å²) in [5.41, 5.74) is 0.721. The maximum absolute atomic E-state index is 11.8. The van der Waals surface area contributed by atoms with Gasteiger partial charge in [0.2, 0.25) is 0 Å². The van der Waals surface area contributed by atoms with Crippen LogP contribution in [-0.4, -0.2) is 29.0 Å². The Morgan fingerprint density at radius 2 is 2.38 bits per heavy atom. The SMILES string of the molecule is CCn1cc(Br)cc1C(=O)NCCCSC. The zero-order chi connectivity index (χ0) is 12.0. The van der Waals surface area contributed by atoms with Crippen LogP contribution >= 0.6 is 27.7 Å². The summed E-state index contributed by atoms with van der Waals surface area (Å²) >= 11 is 5.18. The largest absolute Gasteiger partial charge is 0.351 e. The summed E-state index contributed by atoms with van der Waals surface area (Å²) in [5, 5.41) is 2.93. The first-order valence-corrected chi connectivity index (χ1v) is 7.50. The third kappa shape index (κ3) is 3.87. The zero-order valence-corrected chi connectivity index (χ0v) is 12.0. The molecule has 0 bridgehead atoms. The van der Waals surface area contributed by atoms with Gasteiger partial charge in [0.15, 0.2) is 0 Å². The van der Waals surface area contributed by atoms with Crippen LogP contribution in [0.2, 0.25) is 0 Å². The van der Waals surface area contributed by atoms with E-state index in [-0.39, 0.29) is 5.91 Å². The molecule has 0 aliphatic heterocycles. The molecule has 3 nitrogen and oxygen atoms in total. The number of nitrogens with one attached hydrogen (secondary N) is 1. The molecular formula is C11H17BrN2OS. The van der Waals surface area contributed by atoms with Crippen LogP contribution in [0.4, 0.5) is 0 Å². The Morgan fingerprint density at radius 3 is 3.00 bits per heavy atom. The van der Waals surface area contributed by atoms with E-state index in [0.29, 0.717) is 0 Å². The molecule has 5 heteroatoms. The maximum atomic E-state index is 11.8. The van der Waals surface area contributed by atoms with Crippen molar-refractivity contribution in [1.29, 1.82) is 0 Å². The van der Waals surface area contributed by atoms with Crippen LogP contribution in [0, 0.1) is 0 Å². The number of carbonyl (C=O) groups excluding carboxylic acids is 1. The van der Waals surface area contributed by atoms with Gasteiger partial charge in [-0.25, -0.2) is 0 Å². The van der Waals surface area contributed by atoms with E-state index in [9.17, 15) is 4.79 Å². The third-order valence-electron chi connectivity index (χ3n) is 2.25. The van der Waals surface area contributed by atoms with Crippen LogP contribution in [0.25, 0.3) is 0 Å². The second kappa shape index (κ2) is 7.01. The van der Waals surface area contributed by atoms with E-state index in [1.54, 1.807) is 11.8 Å². The van der Waals surface area contributed by atoms with Crippen molar-refractivity contribution >= 4 is 33.6 Å². The van der Waals surface area contributed by atoms with Gasteiger partial charge >= 0.3 is 0 Å².